The molecule has 3 aromatic heterocycles. The molecule has 2 bridgehead atoms. The topological polar surface area (TPSA) is 272 Å². The van der Waals surface area contributed by atoms with Gasteiger partial charge in [0.25, 0.3) is 0 Å². The van der Waals surface area contributed by atoms with Crippen LogP contribution < -0.4 is 14.8 Å². The number of aromatic amines is 2. The number of piperidine rings is 1. The van der Waals surface area contributed by atoms with Gasteiger partial charge in [0, 0.05) is 72.1 Å². The van der Waals surface area contributed by atoms with Crippen LogP contribution in [0.1, 0.15) is 136 Å². The molecule has 15 atom stereocenters. The van der Waals surface area contributed by atoms with Crippen LogP contribution in [-0.4, -0.2) is 130 Å². The Bertz CT molecular complexity index is 4020. The maximum atomic E-state index is 15.7. The number of fused-ring (bicyclic) bond motifs is 17. The third-order valence-corrected chi connectivity index (χ3v) is 22.6. The Hall–Kier alpha value is -7.56. The number of benzene rings is 4. The number of aromatic nitrogens is 3. The lowest BCUT2D eigenvalue weighted by molar-refractivity contribution is -0.155. The Labute approximate surface area is 529 Å². The molecule has 4 aliphatic carbocycles. The maximum Gasteiger partial charge on any atom is 0.318 e. The number of hydrogen-bond acceptors (Lipinski definition) is 14. The molecule has 6 heterocycles. The Balaban J connectivity index is 0.955. The zero-order valence-electron chi connectivity index (χ0n) is 51.7. The van der Waals surface area contributed by atoms with Gasteiger partial charge < -0.3 is 74.9 Å². The number of H-pyrrole nitrogens is 2. The highest BCUT2D eigenvalue weighted by molar-refractivity contribution is 5.95. The summed E-state index contributed by atoms with van der Waals surface area (Å²) in [5.41, 5.74) is 9.67. The number of hydrogen-bond donors (Lipinski definition) is 11. The number of nitrogens with one attached hydrogen (secondary N) is 3. The largest absolute Gasteiger partial charge is 0.508 e. The third-order valence-electron chi connectivity index (χ3n) is 22.6. The van der Waals surface area contributed by atoms with Gasteiger partial charge in [0.2, 0.25) is 0 Å². The molecule has 17 nitrogen and oxygen atoms in total. The number of Topliss-reactive ketones (excluding diaryl/α,β-unsaturated/α-hetero) is 1. The molecule has 4 aromatic carbocycles. The number of phenols is 3. The second kappa shape index (κ2) is 24.5. The van der Waals surface area contributed by atoms with Crippen molar-refractivity contribution in [2.24, 2.45) is 40.9 Å². The van der Waals surface area contributed by atoms with E-state index in [9.17, 15) is 45.6 Å². The number of esters is 1. The van der Waals surface area contributed by atoms with Gasteiger partial charge >= 0.3 is 5.97 Å². The summed E-state index contributed by atoms with van der Waals surface area (Å²) in [6.07, 6.45) is 7.54. The minimum Gasteiger partial charge on any atom is -0.508 e. The van der Waals surface area contributed by atoms with E-state index < -0.39 is 47.3 Å². The number of cyclic esters (lactones) is 1. The molecule has 17 heteroatoms. The maximum absolute atomic E-state index is 15.7. The van der Waals surface area contributed by atoms with Gasteiger partial charge in [-0.25, -0.2) is 0 Å². The fraction of sp³-hybridized carbons (Fsp3) is 0.486. The lowest BCUT2D eigenvalue weighted by Crippen LogP contribution is -2.66. The molecule has 2 spiro atoms. The minimum absolute atomic E-state index is 0.00917. The van der Waals surface area contributed by atoms with Gasteiger partial charge in [0.05, 0.1) is 60.5 Å². The Morgan fingerprint density at radius 2 is 1.70 bits per heavy atom. The molecule has 3 saturated carbocycles. The van der Waals surface area contributed by atoms with E-state index in [1.165, 1.54) is 13.2 Å². The van der Waals surface area contributed by atoms with Crippen molar-refractivity contribution in [1.82, 2.24) is 19.9 Å². The van der Waals surface area contributed by atoms with Crippen molar-refractivity contribution in [1.29, 1.82) is 0 Å². The van der Waals surface area contributed by atoms with Gasteiger partial charge in [-0.15, -0.1) is 0 Å². The zero-order valence-corrected chi connectivity index (χ0v) is 51.7. The van der Waals surface area contributed by atoms with Crippen LogP contribution in [0, 0.1) is 52.8 Å². The molecular formula is C74H84N4O13. The van der Waals surface area contributed by atoms with E-state index in [0.29, 0.717) is 50.5 Å². The first-order valence-corrected chi connectivity index (χ1v) is 33.0. The number of phenolic OH excluding ortho intramolecular Hbond substituents is 3. The summed E-state index contributed by atoms with van der Waals surface area (Å²) in [6, 6.07) is 26.1. The summed E-state index contributed by atoms with van der Waals surface area (Å²) in [4.78, 5) is 37.1. The predicted molar refractivity (Wildman–Crippen MR) is 343 cm³/mol. The number of aliphatic hydroxyl groups excluding tert-OH is 5. The van der Waals surface area contributed by atoms with Gasteiger partial charge in [0.15, 0.2) is 23.0 Å². The second-order valence-corrected chi connectivity index (χ2v) is 27.7. The van der Waals surface area contributed by atoms with Gasteiger partial charge in [-0.3, -0.25) is 9.59 Å². The summed E-state index contributed by atoms with van der Waals surface area (Å²) in [5.74, 6) is 4.79. The van der Waals surface area contributed by atoms with Crippen molar-refractivity contribution in [3.8, 4) is 51.8 Å². The standard InChI is InChI=1S/C74H84N4O13/c1-40(81)59-29-43-15-14-42-16-17-46(82)30-52(42)62-36-60-61(21-22-75-60)78(62)72(43)74(77-59)39-73(38-45(74)8-7-23-79)37-44-28-56-53-34-65(87)66(89-2)35-54(53)55(70(44)51-19-18-47(83)32-57(51)73)31-48(84)33-68(64(86)26-41-13-20-63(85)67(27-41)90-25-24-80)91-69(88)12-6-4-10-50-49-9-3-5-11-58(49)76-71(50)56/h3,5,9,11,13,16-17,20-22,27-28,30,34-36,40,43-45,47,51,55,57,59,64,68,70,72,75-77,79-83,85-87H,7-8,10,12,14-15,18-19,23-26,29,31-33,37-39H2,1-2H3/t40-,43-,44-,45+,47-,51-,55+,57-,59-,64+,68-,70+,72+,73-,74+/m0/s1. The predicted octanol–water partition coefficient (Wildman–Crippen LogP) is 9.82. The Kier molecular flexibility index (Phi) is 16.4. The molecule has 14 rings (SSSR count). The Morgan fingerprint density at radius 3 is 2.53 bits per heavy atom. The summed E-state index contributed by atoms with van der Waals surface area (Å²) >= 11 is 0. The number of methoxy groups -OCH3 is 1. The van der Waals surface area contributed by atoms with Crippen LogP contribution in [0.4, 0.5) is 0 Å². The van der Waals surface area contributed by atoms with Crippen molar-refractivity contribution < 1.29 is 64.7 Å². The van der Waals surface area contributed by atoms with Gasteiger partial charge in [0.1, 0.15) is 30.7 Å². The van der Waals surface area contributed by atoms with Gasteiger partial charge in [-0.05, 0) is 207 Å². The molecule has 4 fully saturated rings. The van der Waals surface area contributed by atoms with E-state index in [-0.39, 0.29) is 134 Å². The molecule has 0 unspecified atom stereocenters. The van der Waals surface area contributed by atoms with E-state index in [0.717, 1.165) is 92.4 Å². The van der Waals surface area contributed by atoms with E-state index >= 15 is 4.79 Å². The number of allylic oxidation sites excluding steroid dienone is 1. The number of carbonyl (C=O) groups is 2. The zero-order chi connectivity index (χ0) is 63.0. The number of para-hydroxylation sites is 1. The Morgan fingerprint density at radius 1 is 0.857 bits per heavy atom. The number of nitrogens with zero attached hydrogens (tertiary/aromatic N) is 1. The molecule has 0 amide bonds. The summed E-state index contributed by atoms with van der Waals surface area (Å²) < 4.78 is 20.3. The molecule has 0 radical (unpaired) electrons. The fourth-order valence-electron chi connectivity index (χ4n) is 19.1. The lowest BCUT2D eigenvalue weighted by Gasteiger charge is -2.59. The van der Waals surface area contributed by atoms with E-state index in [2.05, 4.69) is 62.0 Å². The van der Waals surface area contributed by atoms with E-state index in [1.807, 2.05) is 43.5 Å². The highest BCUT2D eigenvalue weighted by atomic mass is 16.6. The van der Waals surface area contributed by atoms with Crippen LogP contribution in [0.25, 0.3) is 38.8 Å². The van der Waals surface area contributed by atoms with E-state index in [4.69, 9.17) is 14.2 Å². The average Bonchev–Trinajstić information content (AvgIpc) is 1.54. The minimum atomic E-state index is -1.38. The monoisotopic (exact) mass is 1240 g/mol. The number of aliphatic hydroxyl groups is 5. The van der Waals surface area contributed by atoms with Crippen LogP contribution in [-0.2, 0) is 33.6 Å². The number of aromatic hydroxyl groups is 3. The van der Waals surface area contributed by atoms with Crippen molar-refractivity contribution >= 4 is 39.3 Å². The molecule has 1 saturated heterocycles. The van der Waals surface area contributed by atoms with Crippen molar-refractivity contribution in [2.75, 3.05) is 26.9 Å². The van der Waals surface area contributed by atoms with Crippen LogP contribution in [0.3, 0.4) is 0 Å². The molecule has 7 aliphatic rings. The van der Waals surface area contributed by atoms with Crippen LogP contribution in [0.2, 0.25) is 0 Å². The average molecular weight is 1240 g/mol. The normalized spacial score (nSPS) is 30.2. The van der Waals surface area contributed by atoms with Gasteiger partial charge in [-0.2, -0.15) is 0 Å². The first-order valence-electron chi connectivity index (χ1n) is 33.0. The number of ketones is 1. The molecule has 91 heavy (non-hydrogen) atoms. The second-order valence-electron chi connectivity index (χ2n) is 27.7. The first kappa shape index (κ1) is 61.0. The highest BCUT2D eigenvalue weighted by Crippen LogP contribution is 2.71. The summed E-state index contributed by atoms with van der Waals surface area (Å²) in [5, 5.41) is 96.2. The SMILES string of the molecule is COc1cc2c(cc1O)C1=C[C@H]3C[C@@]4(C[C@@H](CCCO)[C@@]5(C4)N[C@H]([C@H](C)O)C[C@@H]4CCc6ccc(O)cc6-c6cc7[nH]ccc7n6[C@H]45)[C@H]4C[C@@H](O)CC[C@@H]4[C@@H]3[C@@H]2CC(=O)C[C@@H]([C@H](O)Cc2ccc(O)c(OCCO)c2)OC(=O)CC#CCc2c1[nH]c1ccccc21. The lowest BCUT2D eigenvalue weighted by atomic mass is 9.47. The molecular weight excluding hydrogens is 1150 g/mol. The van der Waals surface area contributed by atoms with Crippen molar-refractivity contribution in [3.63, 3.8) is 0 Å². The van der Waals surface area contributed by atoms with Crippen molar-refractivity contribution in [3.05, 3.63) is 131 Å². The van der Waals surface area contributed by atoms with Gasteiger partial charge in [-0.1, -0.05) is 48.2 Å². The van der Waals surface area contributed by atoms with Crippen LogP contribution in [0.15, 0.2) is 97.2 Å². The molecule has 3 aliphatic heterocycles. The van der Waals surface area contributed by atoms with E-state index in [1.54, 1.807) is 24.3 Å². The number of ether oxygens (including phenoxy) is 3. The van der Waals surface area contributed by atoms with Crippen LogP contribution in [0.5, 0.6) is 28.7 Å². The highest BCUT2D eigenvalue weighted by Gasteiger charge is 2.68. The number of rotatable bonds is 11. The third kappa shape index (κ3) is 10.9. The fourth-order valence-corrected chi connectivity index (χ4v) is 19.1. The quantitative estimate of drug-likeness (QED) is 0.0425. The molecule has 11 N–H and O–H groups in total. The molecule has 478 valence electrons. The summed E-state index contributed by atoms with van der Waals surface area (Å²) in [6.45, 7) is 1.56. The van der Waals surface area contributed by atoms with Crippen LogP contribution >= 0.6 is 0 Å². The smallest absolute Gasteiger partial charge is 0.318 e. The summed E-state index contributed by atoms with van der Waals surface area (Å²) in [7, 11) is 1.52. The molecule has 7 aromatic rings. The first-order chi connectivity index (χ1) is 44.1. The van der Waals surface area contributed by atoms with Crippen molar-refractivity contribution in [2.45, 2.75) is 158 Å². The number of carbonyl (C=O) groups excluding carboxylic acids is 2. The number of aryl methyl sites for hydroxylation is 1.